The van der Waals surface area contributed by atoms with Crippen LogP contribution in [0.2, 0.25) is 0 Å². The Kier molecular flexibility index (Phi) is 6.19. The van der Waals surface area contributed by atoms with E-state index < -0.39 is 40.6 Å². The molecule has 0 spiro atoms. The van der Waals surface area contributed by atoms with Crippen molar-refractivity contribution < 1.29 is 31.9 Å². The topological polar surface area (TPSA) is 120 Å². The molecule has 1 aliphatic heterocycles. The van der Waals surface area contributed by atoms with Gasteiger partial charge in [-0.1, -0.05) is 0 Å². The summed E-state index contributed by atoms with van der Waals surface area (Å²) in [6.45, 7) is 1.03. The molecule has 4 rings (SSSR count). The van der Waals surface area contributed by atoms with Gasteiger partial charge in [0.15, 0.2) is 19.0 Å². The minimum absolute atomic E-state index is 0.00119. The van der Waals surface area contributed by atoms with Gasteiger partial charge in [-0.3, -0.25) is 9.10 Å². The first-order valence-electron chi connectivity index (χ1n) is 10.3. The molecule has 2 aromatic carbocycles. The lowest BCUT2D eigenvalue weighted by molar-refractivity contribution is -0.144. The van der Waals surface area contributed by atoms with Crippen LogP contribution < -0.4 is 14.7 Å². The highest BCUT2D eigenvalue weighted by molar-refractivity contribution is 7.92. The van der Waals surface area contributed by atoms with Crippen molar-refractivity contribution in [1.29, 1.82) is 0 Å². The number of benzene rings is 2. The molecule has 0 saturated carbocycles. The molecular formula is C23H21NO8S. The largest absolute Gasteiger partial charge is 0.482 e. The van der Waals surface area contributed by atoms with Gasteiger partial charge >= 0.3 is 11.6 Å². The van der Waals surface area contributed by atoms with Crippen LogP contribution >= 0.6 is 0 Å². The average molecular weight is 471 g/mol. The SMILES string of the molecule is CCS(=O)(=O)N1CCc2cc(C(=O)COC(=O)COc3ccc4ccc(=O)oc4c3)ccc21. The Morgan fingerprint density at radius 1 is 1.06 bits per heavy atom. The fourth-order valence-corrected chi connectivity index (χ4v) is 4.69. The molecule has 33 heavy (non-hydrogen) atoms. The van der Waals surface area contributed by atoms with E-state index in [1.807, 2.05) is 0 Å². The number of carbonyl (C=O) groups is 2. The molecule has 0 atom stereocenters. The van der Waals surface area contributed by atoms with E-state index in [9.17, 15) is 22.8 Å². The maximum absolute atomic E-state index is 12.4. The summed E-state index contributed by atoms with van der Waals surface area (Å²) in [5, 5.41) is 0.708. The van der Waals surface area contributed by atoms with Crippen LogP contribution in [0.5, 0.6) is 5.75 Å². The van der Waals surface area contributed by atoms with Gasteiger partial charge in [0, 0.05) is 29.6 Å². The van der Waals surface area contributed by atoms with Gasteiger partial charge in [0.05, 0.1) is 11.4 Å². The van der Waals surface area contributed by atoms with Crippen molar-refractivity contribution in [3.8, 4) is 5.75 Å². The summed E-state index contributed by atoms with van der Waals surface area (Å²) in [7, 11) is -3.37. The van der Waals surface area contributed by atoms with Gasteiger partial charge in [0.25, 0.3) is 0 Å². The van der Waals surface area contributed by atoms with Gasteiger partial charge in [0.1, 0.15) is 11.3 Å². The van der Waals surface area contributed by atoms with E-state index in [0.717, 1.165) is 5.56 Å². The lowest BCUT2D eigenvalue weighted by Gasteiger charge is -2.18. The number of sulfonamides is 1. The average Bonchev–Trinajstić information content (AvgIpc) is 3.25. The van der Waals surface area contributed by atoms with Crippen molar-refractivity contribution in [1.82, 2.24) is 0 Å². The van der Waals surface area contributed by atoms with E-state index in [1.54, 1.807) is 37.3 Å². The Morgan fingerprint density at radius 2 is 1.85 bits per heavy atom. The third kappa shape index (κ3) is 4.90. The van der Waals surface area contributed by atoms with E-state index in [4.69, 9.17) is 13.9 Å². The van der Waals surface area contributed by atoms with Gasteiger partial charge in [-0.15, -0.1) is 0 Å². The van der Waals surface area contributed by atoms with Crippen LogP contribution in [0.3, 0.4) is 0 Å². The maximum Gasteiger partial charge on any atom is 0.344 e. The van der Waals surface area contributed by atoms with E-state index in [2.05, 4.69) is 0 Å². The quantitative estimate of drug-likeness (QED) is 0.279. The number of rotatable bonds is 8. The third-order valence-corrected chi connectivity index (χ3v) is 7.05. The summed E-state index contributed by atoms with van der Waals surface area (Å²) in [5.41, 5.74) is 1.50. The molecule has 3 aromatic rings. The number of hydrogen-bond donors (Lipinski definition) is 0. The Morgan fingerprint density at radius 3 is 2.64 bits per heavy atom. The Hall–Kier alpha value is -3.66. The molecule has 172 valence electrons. The van der Waals surface area contributed by atoms with Crippen molar-refractivity contribution >= 4 is 38.4 Å². The van der Waals surface area contributed by atoms with Gasteiger partial charge in [-0.25, -0.2) is 18.0 Å². The minimum atomic E-state index is -3.37. The Balaban J connectivity index is 1.33. The number of nitrogens with zero attached hydrogens (tertiary/aromatic N) is 1. The van der Waals surface area contributed by atoms with Crippen LogP contribution in [0.4, 0.5) is 5.69 Å². The molecule has 1 aliphatic rings. The van der Waals surface area contributed by atoms with Gasteiger partial charge in [-0.2, -0.15) is 0 Å². The zero-order chi connectivity index (χ0) is 23.6. The van der Waals surface area contributed by atoms with Gasteiger partial charge < -0.3 is 13.9 Å². The number of esters is 1. The van der Waals surface area contributed by atoms with Crippen molar-refractivity contribution in [3.05, 3.63) is 70.1 Å². The summed E-state index contributed by atoms with van der Waals surface area (Å²) < 4.78 is 41.1. The number of ketones is 1. The summed E-state index contributed by atoms with van der Waals surface area (Å²) in [5.74, 6) is -0.834. The van der Waals surface area contributed by atoms with Crippen LogP contribution in [-0.4, -0.2) is 45.7 Å². The van der Waals surface area contributed by atoms with Crippen LogP contribution in [0.15, 0.2) is 57.7 Å². The fraction of sp³-hybridized carbons (Fsp3) is 0.261. The van der Waals surface area contributed by atoms with Gasteiger partial charge in [0.2, 0.25) is 10.0 Å². The zero-order valence-electron chi connectivity index (χ0n) is 17.8. The predicted octanol–water partition coefficient (Wildman–Crippen LogP) is 2.31. The second-order valence-corrected chi connectivity index (χ2v) is 9.57. The first kappa shape index (κ1) is 22.5. The molecule has 10 heteroatoms. The molecule has 0 radical (unpaired) electrons. The van der Waals surface area contributed by atoms with Crippen LogP contribution in [0, 0.1) is 0 Å². The normalized spacial score (nSPS) is 13.1. The highest BCUT2D eigenvalue weighted by atomic mass is 32.2. The van der Waals surface area contributed by atoms with Crippen molar-refractivity contribution in [2.75, 3.05) is 29.8 Å². The lowest BCUT2D eigenvalue weighted by Crippen LogP contribution is -2.30. The molecule has 0 saturated heterocycles. The first-order valence-corrected chi connectivity index (χ1v) is 11.9. The zero-order valence-corrected chi connectivity index (χ0v) is 18.6. The molecule has 0 amide bonds. The summed E-state index contributed by atoms with van der Waals surface area (Å²) >= 11 is 0. The van der Waals surface area contributed by atoms with Crippen molar-refractivity contribution in [3.63, 3.8) is 0 Å². The highest BCUT2D eigenvalue weighted by Crippen LogP contribution is 2.31. The maximum atomic E-state index is 12.4. The second kappa shape index (κ2) is 9.07. The van der Waals surface area contributed by atoms with Crippen molar-refractivity contribution in [2.24, 2.45) is 0 Å². The van der Waals surface area contributed by atoms with E-state index >= 15 is 0 Å². The molecule has 0 aliphatic carbocycles. The molecule has 0 bridgehead atoms. The molecule has 2 heterocycles. The summed E-state index contributed by atoms with van der Waals surface area (Å²) in [6.07, 6.45) is 0.509. The smallest absolute Gasteiger partial charge is 0.344 e. The lowest BCUT2D eigenvalue weighted by atomic mass is 10.1. The minimum Gasteiger partial charge on any atom is -0.482 e. The Bertz CT molecular complexity index is 1390. The molecule has 0 fully saturated rings. The predicted molar refractivity (Wildman–Crippen MR) is 120 cm³/mol. The molecule has 0 unspecified atom stereocenters. The molecule has 0 N–H and O–H groups in total. The highest BCUT2D eigenvalue weighted by Gasteiger charge is 2.28. The number of carbonyl (C=O) groups excluding carboxylic acids is 2. The standard InChI is InChI=1S/C23H21NO8S/c1-2-33(28,29)24-10-9-16-11-17(4-7-19(16)24)20(25)13-31-23(27)14-30-18-6-3-15-5-8-22(26)32-21(15)12-18/h3-8,11-12H,2,9-10,13-14H2,1H3. The number of Topliss-reactive ketones (excluding diaryl/α,β-unsaturated/α-hetero) is 1. The van der Waals surface area contributed by atoms with Crippen LogP contribution in [0.1, 0.15) is 22.8 Å². The number of anilines is 1. The van der Waals surface area contributed by atoms with Crippen LogP contribution in [0.25, 0.3) is 11.0 Å². The number of ether oxygens (including phenoxy) is 2. The summed E-state index contributed by atoms with van der Waals surface area (Å²) in [6, 6.07) is 12.5. The summed E-state index contributed by atoms with van der Waals surface area (Å²) in [4.78, 5) is 35.8. The second-order valence-electron chi connectivity index (χ2n) is 7.39. The van der Waals surface area contributed by atoms with E-state index in [1.165, 1.54) is 22.5 Å². The van der Waals surface area contributed by atoms with Crippen molar-refractivity contribution in [2.45, 2.75) is 13.3 Å². The fourth-order valence-electron chi connectivity index (χ4n) is 3.53. The monoisotopic (exact) mass is 471 g/mol. The van der Waals surface area contributed by atoms with Crippen LogP contribution in [-0.2, 0) is 26.0 Å². The first-order chi connectivity index (χ1) is 15.8. The molecular weight excluding hydrogens is 450 g/mol. The third-order valence-electron chi connectivity index (χ3n) is 5.27. The number of fused-ring (bicyclic) bond motifs is 2. The van der Waals surface area contributed by atoms with E-state index in [-0.39, 0.29) is 5.75 Å². The number of hydrogen-bond acceptors (Lipinski definition) is 8. The van der Waals surface area contributed by atoms with E-state index in [0.29, 0.717) is 40.9 Å². The molecule has 1 aromatic heterocycles. The Labute approximate surface area is 189 Å². The van der Waals surface area contributed by atoms with Gasteiger partial charge in [-0.05, 0) is 55.3 Å². The molecule has 9 nitrogen and oxygen atoms in total.